The number of nitrogens with one attached hydrogen (secondary N) is 2. The van der Waals surface area contributed by atoms with Crippen LogP contribution in [0.2, 0.25) is 0 Å². The van der Waals surface area contributed by atoms with E-state index in [4.69, 9.17) is 0 Å². The van der Waals surface area contributed by atoms with Gasteiger partial charge in [-0.15, -0.1) is 0 Å². The van der Waals surface area contributed by atoms with Crippen LogP contribution < -0.4 is 10.6 Å². The van der Waals surface area contributed by atoms with Crippen molar-refractivity contribution in [3.8, 4) is 0 Å². The molecular formula is C14H29N3O. The first kappa shape index (κ1) is 15.4. The van der Waals surface area contributed by atoms with Gasteiger partial charge in [0.1, 0.15) is 0 Å². The molecule has 2 unspecified atom stereocenters. The molecule has 18 heavy (non-hydrogen) atoms. The number of hydrogen-bond acceptors (Lipinski definition) is 3. The molecule has 1 amide bonds. The molecule has 1 saturated heterocycles. The number of carbonyl (C=O) groups excluding carboxylic acids is 1. The van der Waals surface area contributed by atoms with Crippen LogP contribution in [0.3, 0.4) is 0 Å². The van der Waals surface area contributed by atoms with Gasteiger partial charge in [-0.25, -0.2) is 0 Å². The topological polar surface area (TPSA) is 44.4 Å². The van der Waals surface area contributed by atoms with Gasteiger partial charge in [-0.3, -0.25) is 4.79 Å². The van der Waals surface area contributed by atoms with Crippen LogP contribution in [-0.2, 0) is 4.79 Å². The Balaban J connectivity index is 2.08. The van der Waals surface area contributed by atoms with Crippen molar-refractivity contribution in [1.29, 1.82) is 0 Å². The highest BCUT2D eigenvalue weighted by Crippen LogP contribution is 2.15. The highest BCUT2D eigenvalue weighted by atomic mass is 16.2. The van der Waals surface area contributed by atoms with Gasteiger partial charge in [-0.2, -0.15) is 0 Å². The Bertz CT molecular complexity index is 245. The largest absolute Gasteiger partial charge is 0.355 e. The van der Waals surface area contributed by atoms with Crippen LogP contribution in [0.5, 0.6) is 0 Å². The van der Waals surface area contributed by atoms with E-state index in [1.54, 1.807) is 0 Å². The van der Waals surface area contributed by atoms with Crippen LogP contribution >= 0.6 is 0 Å². The van der Waals surface area contributed by atoms with Crippen LogP contribution in [-0.4, -0.2) is 49.1 Å². The molecule has 0 aromatic carbocycles. The van der Waals surface area contributed by atoms with Crippen molar-refractivity contribution in [3.05, 3.63) is 0 Å². The molecule has 0 radical (unpaired) electrons. The molecule has 1 fully saturated rings. The van der Waals surface area contributed by atoms with E-state index in [0.717, 1.165) is 25.6 Å². The first-order valence-electron chi connectivity index (χ1n) is 7.40. The number of hydrogen-bond donors (Lipinski definition) is 2. The lowest BCUT2D eigenvalue weighted by Crippen LogP contribution is -2.43. The second-order valence-corrected chi connectivity index (χ2v) is 5.30. The summed E-state index contributed by atoms with van der Waals surface area (Å²) in [5.74, 6) is 0.101. The number of rotatable bonds is 7. The number of carbonyl (C=O) groups is 1. The maximum Gasteiger partial charge on any atom is 0.236 e. The van der Waals surface area contributed by atoms with Crippen LogP contribution in [0.4, 0.5) is 0 Å². The second kappa shape index (κ2) is 8.48. The highest BCUT2D eigenvalue weighted by molar-refractivity contribution is 5.81. The summed E-state index contributed by atoms with van der Waals surface area (Å²) in [6.07, 6.45) is 5.17. The molecule has 0 bridgehead atoms. The summed E-state index contributed by atoms with van der Waals surface area (Å²) in [7, 11) is 0. The third-order valence-electron chi connectivity index (χ3n) is 3.76. The Morgan fingerprint density at radius 2 is 2.22 bits per heavy atom. The Morgan fingerprint density at radius 3 is 2.89 bits per heavy atom. The lowest BCUT2D eigenvalue weighted by atomic mass is 10.0. The molecule has 0 aromatic rings. The Labute approximate surface area is 111 Å². The van der Waals surface area contributed by atoms with Crippen molar-refractivity contribution in [2.45, 2.75) is 58.5 Å². The van der Waals surface area contributed by atoms with E-state index in [2.05, 4.69) is 22.5 Å². The predicted octanol–water partition coefficient (Wildman–Crippen LogP) is 1.37. The molecule has 1 heterocycles. The maximum atomic E-state index is 11.5. The normalized spacial score (nSPS) is 22.7. The molecular weight excluding hydrogens is 226 g/mol. The fourth-order valence-corrected chi connectivity index (χ4v) is 2.51. The summed E-state index contributed by atoms with van der Waals surface area (Å²) >= 11 is 0. The van der Waals surface area contributed by atoms with E-state index in [-0.39, 0.29) is 11.9 Å². The van der Waals surface area contributed by atoms with Gasteiger partial charge >= 0.3 is 0 Å². The van der Waals surface area contributed by atoms with Crippen molar-refractivity contribution in [2.24, 2.45) is 0 Å². The van der Waals surface area contributed by atoms with E-state index >= 15 is 0 Å². The summed E-state index contributed by atoms with van der Waals surface area (Å²) in [6.45, 7) is 10.2. The van der Waals surface area contributed by atoms with Gasteiger partial charge in [0, 0.05) is 12.6 Å². The zero-order chi connectivity index (χ0) is 13.4. The summed E-state index contributed by atoms with van der Waals surface area (Å²) in [5.41, 5.74) is 0. The van der Waals surface area contributed by atoms with Crippen molar-refractivity contribution >= 4 is 5.91 Å². The van der Waals surface area contributed by atoms with Crippen LogP contribution in [0, 0.1) is 0 Å². The molecule has 4 heteroatoms. The molecule has 0 spiro atoms. The van der Waals surface area contributed by atoms with Gasteiger partial charge in [-0.05, 0) is 59.7 Å². The Hall–Kier alpha value is -0.610. The minimum atomic E-state index is -0.0799. The molecule has 1 aliphatic heterocycles. The van der Waals surface area contributed by atoms with E-state index in [1.807, 2.05) is 13.8 Å². The minimum Gasteiger partial charge on any atom is -0.355 e. The molecule has 2 atom stereocenters. The van der Waals surface area contributed by atoms with Crippen LogP contribution in [0.1, 0.15) is 46.5 Å². The zero-order valence-corrected chi connectivity index (χ0v) is 12.2. The van der Waals surface area contributed by atoms with Crippen molar-refractivity contribution in [2.75, 3.05) is 26.2 Å². The first-order valence-corrected chi connectivity index (χ1v) is 7.40. The molecule has 0 saturated carbocycles. The smallest absolute Gasteiger partial charge is 0.236 e. The van der Waals surface area contributed by atoms with Gasteiger partial charge in [0.25, 0.3) is 0 Å². The fourth-order valence-electron chi connectivity index (χ4n) is 2.51. The number of likely N-dealkylation sites (tertiary alicyclic amines) is 1. The molecule has 0 aliphatic carbocycles. The van der Waals surface area contributed by atoms with Crippen molar-refractivity contribution in [3.63, 3.8) is 0 Å². The number of likely N-dealkylation sites (N-methyl/N-ethyl adjacent to an activating group) is 1. The average molecular weight is 255 g/mol. The summed E-state index contributed by atoms with van der Waals surface area (Å²) in [6, 6.07) is 0.656. The third-order valence-corrected chi connectivity index (χ3v) is 3.76. The maximum absolute atomic E-state index is 11.5. The molecule has 4 nitrogen and oxygen atoms in total. The summed E-state index contributed by atoms with van der Waals surface area (Å²) in [5, 5.41) is 6.11. The molecule has 1 rings (SSSR count). The number of amides is 1. The average Bonchev–Trinajstić information content (AvgIpc) is 2.36. The van der Waals surface area contributed by atoms with Gasteiger partial charge in [0.2, 0.25) is 5.91 Å². The predicted molar refractivity (Wildman–Crippen MR) is 75.7 cm³/mol. The van der Waals surface area contributed by atoms with Gasteiger partial charge in [-0.1, -0.05) is 6.42 Å². The third kappa shape index (κ3) is 5.36. The minimum absolute atomic E-state index is 0.0799. The Kier molecular flexibility index (Phi) is 7.28. The van der Waals surface area contributed by atoms with Crippen LogP contribution in [0.25, 0.3) is 0 Å². The first-order chi connectivity index (χ1) is 8.65. The van der Waals surface area contributed by atoms with Gasteiger partial charge < -0.3 is 15.5 Å². The molecule has 0 aromatic heterocycles. The van der Waals surface area contributed by atoms with E-state index in [0.29, 0.717) is 6.54 Å². The molecule has 106 valence electrons. The SMILES string of the molecule is CCNC(=O)C(C)NCCCN1CCCCC1C. The van der Waals surface area contributed by atoms with Gasteiger partial charge in [0.05, 0.1) is 6.04 Å². The monoisotopic (exact) mass is 255 g/mol. The summed E-state index contributed by atoms with van der Waals surface area (Å²) in [4.78, 5) is 14.1. The molecule has 2 N–H and O–H groups in total. The Morgan fingerprint density at radius 1 is 1.44 bits per heavy atom. The summed E-state index contributed by atoms with van der Waals surface area (Å²) < 4.78 is 0. The standard InChI is InChI=1S/C14H29N3O/c1-4-15-14(18)13(3)16-9-7-11-17-10-6-5-8-12(17)2/h12-13,16H,4-11H2,1-3H3,(H,15,18). The van der Waals surface area contributed by atoms with E-state index in [9.17, 15) is 4.79 Å². The van der Waals surface area contributed by atoms with Crippen molar-refractivity contribution in [1.82, 2.24) is 15.5 Å². The fraction of sp³-hybridized carbons (Fsp3) is 0.929. The quantitative estimate of drug-likeness (QED) is 0.675. The molecule has 1 aliphatic rings. The number of piperidine rings is 1. The van der Waals surface area contributed by atoms with E-state index in [1.165, 1.54) is 25.8 Å². The lowest BCUT2D eigenvalue weighted by molar-refractivity contribution is -0.122. The number of nitrogens with zero attached hydrogens (tertiary/aromatic N) is 1. The van der Waals surface area contributed by atoms with E-state index < -0.39 is 0 Å². The zero-order valence-electron chi connectivity index (χ0n) is 12.2. The lowest BCUT2D eigenvalue weighted by Gasteiger charge is -2.33. The van der Waals surface area contributed by atoms with Crippen molar-refractivity contribution < 1.29 is 4.79 Å². The van der Waals surface area contributed by atoms with Gasteiger partial charge in [0.15, 0.2) is 0 Å². The van der Waals surface area contributed by atoms with Crippen LogP contribution in [0.15, 0.2) is 0 Å². The highest BCUT2D eigenvalue weighted by Gasteiger charge is 2.17. The second-order valence-electron chi connectivity index (χ2n) is 5.30.